The topological polar surface area (TPSA) is 55.6 Å². The molecule has 1 saturated heterocycles. The fourth-order valence-corrected chi connectivity index (χ4v) is 4.86. The Morgan fingerprint density at radius 3 is 2.56 bits per heavy atom. The minimum absolute atomic E-state index is 0.113. The molecule has 1 atom stereocenters. The molecule has 0 radical (unpaired) electrons. The molecule has 0 bridgehead atoms. The molecule has 1 aliphatic rings. The maximum atomic E-state index is 13.4. The Bertz CT molecular complexity index is 1090. The van der Waals surface area contributed by atoms with Gasteiger partial charge in [-0.2, -0.15) is 18.2 Å². The van der Waals surface area contributed by atoms with Crippen molar-refractivity contribution < 1.29 is 22.7 Å². The summed E-state index contributed by atoms with van der Waals surface area (Å²) in [5.41, 5.74) is -0.664. The highest BCUT2D eigenvalue weighted by Gasteiger charge is 2.33. The van der Waals surface area contributed by atoms with Crippen molar-refractivity contribution in [2.75, 3.05) is 13.2 Å². The van der Waals surface area contributed by atoms with Gasteiger partial charge in [0.2, 0.25) is 0 Å². The molecule has 2 heterocycles. The van der Waals surface area contributed by atoms with Crippen molar-refractivity contribution in [2.24, 2.45) is 10.9 Å². The molecule has 1 fully saturated rings. The number of nitrogens with one attached hydrogen (secondary N) is 1. The van der Waals surface area contributed by atoms with E-state index in [0.717, 1.165) is 37.1 Å². The molecule has 34 heavy (non-hydrogen) atoms. The Balaban J connectivity index is 2.03. The van der Waals surface area contributed by atoms with Gasteiger partial charge in [0.25, 0.3) is 5.91 Å². The lowest BCUT2D eigenvalue weighted by atomic mass is 10.0. The van der Waals surface area contributed by atoms with Crippen LogP contribution >= 0.6 is 11.5 Å². The van der Waals surface area contributed by atoms with Gasteiger partial charge in [-0.25, -0.2) is 0 Å². The van der Waals surface area contributed by atoms with E-state index in [4.69, 9.17) is 4.74 Å². The second-order valence-corrected chi connectivity index (χ2v) is 11.6. The van der Waals surface area contributed by atoms with Gasteiger partial charge < -0.3 is 10.1 Å². The van der Waals surface area contributed by atoms with Crippen molar-refractivity contribution in [1.82, 2.24) is 9.27 Å². The molecule has 1 N–H and O–H groups in total. The van der Waals surface area contributed by atoms with E-state index in [-0.39, 0.29) is 29.0 Å². The number of carbonyl (C=O) groups is 1. The van der Waals surface area contributed by atoms with Crippen LogP contribution < -0.4 is 14.7 Å². The number of amides is 1. The summed E-state index contributed by atoms with van der Waals surface area (Å²) in [6.45, 7) is 13.4. The third-order valence-electron chi connectivity index (χ3n) is 5.77. The Hall–Kier alpha value is -2.13. The molecule has 5 nitrogen and oxygen atoms in total. The molecule has 9 heteroatoms. The third-order valence-corrected chi connectivity index (χ3v) is 7.14. The van der Waals surface area contributed by atoms with Crippen LogP contribution in [0.5, 0.6) is 5.75 Å². The molecule has 1 aromatic carbocycles. The van der Waals surface area contributed by atoms with Crippen LogP contribution in [-0.4, -0.2) is 28.6 Å². The summed E-state index contributed by atoms with van der Waals surface area (Å²) in [7, 11) is 0. The highest BCUT2D eigenvalue weighted by Crippen LogP contribution is 2.33. The zero-order valence-electron chi connectivity index (χ0n) is 20.7. The first-order valence-electron chi connectivity index (χ1n) is 11.6. The van der Waals surface area contributed by atoms with E-state index in [1.807, 2.05) is 37.8 Å². The second kappa shape index (κ2) is 9.85. The van der Waals surface area contributed by atoms with Crippen LogP contribution in [0.3, 0.4) is 0 Å². The number of alkyl halides is 3. The van der Waals surface area contributed by atoms with Crippen LogP contribution in [0.1, 0.15) is 75.9 Å². The maximum Gasteiger partial charge on any atom is 0.416 e. The first kappa shape index (κ1) is 26.5. The van der Waals surface area contributed by atoms with E-state index in [1.54, 1.807) is 0 Å². The Labute approximate surface area is 203 Å². The number of nitrogens with zero attached hydrogens (tertiary/aromatic N) is 2. The van der Waals surface area contributed by atoms with Gasteiger partial charge in [-0.3, -0.25) is 8.75 Å². The minimum atomic E-state index is -4.58. The van der Waals surface area contributed by atoms with Crippen LogP contribution in [0.2, 0.25) is 0 Å². The Kier molecular flexibility index (Phi) is 7.67. The monoisotopic (exact) mass is 497 g/mol. The molecule has 0 saturated carbocycles. The summed E-state index contributed by atoms with van der Waals surface area (Å²) in [6, 6.07) is 3.02. The quantitative estimate of drug-likeness (QED) is 0.550. The van der Waals surface area contributed by atoms with Crippen molar-refractivity contribution in [2.45, 2.75) is 78.1 Å². The predicted octanol–water partition coefficient (Wildman–Crippen LogP) is 5.78. The fraction of sp³-hybridized carbons (Fsp3) is 0.600. The largest absolute Gasteiger partial charge is 0.491 e. The highest BCUT2D eigenvalue weighted by atomic mass is 32.1. The molecule has 3 rings (SSSR count). The summed E-state index contributed by atoms with van der Waals surface area (Å²) >= 11 is 1.34. The van der Waals surface area contributed by atoms with Crippen molar-refractivity contribution in [3.63, 3.8) is 0 Å². The standard InChI is InChI=1S/C25H34F3N3O2S/c1-16(2)12-17-14-31(23(3,4)5)34-22(17)30-21(32)19-13-18(25(26,27)28)8-9-20(19)33-15-24(6)10-7-11-29-24/h8-9,13-14,16,29H,7,10-12,15H2,1-6H3/b30-22-/t24-/m0/s1. The Morgan fingerprint density at radius 1 is 1.29 bits per heavy atom. The first-order valence-corrected chi connectivity index (χ1v) is 12.4. The van der Waals surface area contributed by atoms with E-state index in [0.29, 0.717) is 17.0 Å². The zero-order chi connectivity index (χ0) is 25.3. The van der Waals surface area contributed by atoms with Crippen molar-refractivity contribution in [1.29, 1.82) is 0 Å². The van der Waals surface area contributed by atoms with Crippen LogP contribution in [0.15, 0.2) is 29.4 Å². The number of ether oxygens (including phenoxy) is 1. The second-order valence-electron chi connectivity index (χ2n) is 10.7. The molecule has 0 unspecified atom stereocenters. The molecular formula is C25H34F3N3O2S. The summed E-state index contributed by atoms with van der Waals surface area (Å²) in [5.74, 6) is -0.292. The zero-order valence-corrected chi connectivity index (χ0v) is 21.5. The van der Waals surface area contributed by atoms with Gasteiger partial charge in [0, 0.05) is 22.8 Å². The van der Waals surface area contributed by atoms with E-state index in [9.17, 15) is 18.0 Å². The number of halogens is 3. The number of aromatic nitrogens is 1. The van der Waals surface area contributed by atoms with Gasteiger partial charge in [-0.15, -0.1) is 0 Å². The van der Waals surface area contributed by atoms with Gasteiger partial charge >= 0.3 is 6.18 Å². The molecule has 1 amide bonds. The SMILES string of the molecule is CC(C)Cc1cn(C(C)(C)C)s/c1=N\C(=O)c1cc(C(F)(F)F)ccc1OC[C@]1(C)CCCN1. The number of carbonyl (C=O) groups excluding carboxylic acids is 1. The van der Waals surface area contributed by atoms with Gasteiger partial charge in [-0.1, -0.05) is 13.8 Å². The summed E-state index contributed by atoms with van der Waals surface area (Å²) in [4.78, 5) is 17.5. The molecule has 1 aliphatic heterocycles. The third kappa shape index (κ3) is 6.50. The number of rotatable bonds is 6. The fourth-order valence-electron chi connectivity index (χ4n) is 3.85. The summed E-state index contributed by atoms with van der Waals surface area (Å²) in [5, 5.41) is 3.36. The van der Waals surface area contributed by atoms with Crippen LogP contribution in [0, 0.1) is 5.92 Å². The minimum Gasteiger partial charge on any atom is -0.491 e. The van der Waals surface area contributed by atoms with Crippen molar-refractivity contribution in [3.05, 3.63) is 45.8 Å². The summed E-state index contributed by atoms with van der Waals surface area (Å²) in [6.07, 6.45) is 0.00274. The average Bonchev–Trinajstić information content (AvgIpc) is 3.32. The smallest absolute Gasteiger partial charge is 0.416 e. The van der Waals surface area contributed by atoms with Crippen molar-refractivity contribution in [3.8, 4) is 5.75 Å². The first-order chi connectivity index (χ1) is 15.7. The van der Waals surface area contributed by atoms with E-state index in [1.165, 1.54) is 17.6 Å². The number of benzene rings is 1. The molecule has 2 aromatic rings. The lowest BCUT2D eigenvalue weighted by molar-refractivity contribution is -0.137. The van der Waals surface area contributed by atoms with Gasteiger partial charge in [0.05, 0.1) is 11.1 Å². The van der Waals surface area contributed by atoms with Crippen LogP contribution in [-0.2, 0) is 18.1 Å². The molecule has 0 spiro atoms. The van der Waals surface area contributed by atoms with E-state index >= 15 is 0 Å². The number of hydrogen-bond donors (Lipinski definition) is 1. The van der Waals surface area contributed by atoms with Gasteiger partial charge in [-0.05, 0) is 89.2 Å². The van der Waals surface area contributed by atoms with Gasteiger partial charge in [0.15, 0.2) is 0 Å². The van der Waals surface area contributed by atoms with Crippen LogP contribution in [0.4, 0.5) is 13.2 Å². The lowest BCUT2D eigenvalue weighted by Gasteiger charge is -2.25. The Morgan fingerprint density at radius 2 is 2.00 bits per heavy atom. The number of hydrogen-bond acceptors (Lipinski definition) is 4. The molecule has 0 aliphatic carbocycles. The van der Waals surface area contributed by atoms with E-state index in [2.05, 4.69) is 24.2 Å². The van der Waals surface area contributed by atoms with Gasteiger partial charge in [0.1, 0.15) is 17.0 Å². The van der Waals surface area contributed by atoms with E-state index < -0.39 is 17.6 Å². The molecule has 188 valence electrons. The highest BCUT2D eigenvalue weighted by molar-refractivity contribution is 7.04. The average molecular weight is 498 g/mol. The lowest BCUT2D eigenvalue weighted by Crippen LogP contribution is -2.42. The van der Waals surface area contributed by atoms with Crippen molar-refractivity contribution >= 4 is 17.4 Å². The maximum absolute atomic E-state index is 13.4. The predicted molar refractivity (Wildman–Crippen MR) is 128 cm³/mol. The van der Waals surface area contributed by atoms with Crippen LogP contribution in [0.25, 0.3) is 0 Å². The summed E-state index contributed by atoms with van der Waals surface area (Å²) < 4.78 is 48.7. The molecule has 1 aromatic heterocycles. The normalized spacial score (nSPS) is 19.8. The molecular weight excluding hydrogens is 463 g/mol.